The molecule has 0 radical (unpaired) electrons. The van der Waals surface area contributed by atoms with Crippen molar-refractivity contribution in [1.29, 1.82) is 0 Å². The number of nitrogens with one attached hydrogen (secondary N) is 1. The number of halogens is 1. The molecule has 110 valence electrons. The van der Waals surface area contributed by atoms with Gasteiger partial charge in [0.05, 0.1) is 5.54 Å². The average Bonchev–Trinajstić information content (AvgIpc) is 2.39. The number of benzene rings is 1. The van der Waals surface area contributed by atoms with Crippen LogP contribution in [0.15, 0.2) is 24.3 Å². The second-order valence-electron chi connectivity index (χ2n) is 5.93. The zero-order chi connectivity index (χ0) is 14.6. The van der Waals surface area contributed by atoms with E-state index in [1.165, 1.54) is 6.42 Å². The lowest BCUT2D eigenvalue weighted by molar-refractivity contribution is -0.128. The molecule has 1 aliphatic carbocycles. The van der Waals surface area contributed by atoms with Gasteiger partial charge >= 0.3 is 0 Å². The Morgan fingerprint density at radius 2 is 2.10 bits per heavy atom. The van der Waals surface area contributed by atoms with Crippen LogP contribution < -0.4 is 11.1 Å². The van der Waals surface area contributed by atoms with E-state index in [0.717, 1.165) is 42.7 Å². The van der Waals surface area contributed by atoms with Gasteiger partial charge in [-0.05, 0) is 43.9 Å². The minimum absolute atomic E-state index is 0.00766. The highest BCUT2D eigenvalue weighted by Gasteiger charge is 2.35. The Labute approximate surface area is 125 Å². The van der Waals surface area contributed by atoms with Crippen molar-refractivity contribution in [2.24, 2.45) is 5.73 Å². The molecule has 0 aliphatic heterocycles. The molecule has 2 rings (SSSR count). The summed E-state index contributed by atoms with van der Waals surface area (Å²) in [5.41, 5.74) is 6.69. The molecule has 1 amide bonds. The van der Waals surface area contributed by atoms with Crippen LogP contribution in [0.4, 0.5) is 0 Å². The van der Waals surface area contributed by atoms with Crippen LogP contribution in [0, 0.1) is 0 Å². The van der Waals surface area contributed by atoms with Crippen molar-refractivity contribution in [3.05, 3.63) is 34.9 Å². The zero-order valence-electron chi connectivity index (χ0n) is 12.0. The maximum absolute atomic E-state index is 12.3. The summed E-state index contributed by atoms with van der Waals surface area (Å²) in [5, 5.41) is 3.78. The number of hydrogen-bond acceptors (Lipinski definition) is 2. The topological polar surface area (TPSA) is 55.1 Å². The second-order valence-corrected chi connectivity index (χ2v) is 6.36. The van der Waals surface area contributed by atoms with Gasteiger partial charge in [0.15, 0.2) is 0 Å². The highest BCUT2D eigenvalue weighted by molar-refractivity contribution is 6.30. The first-order valence-electron chi connectivity index (χ1n) is 7.34. The van der Waals surface area contributed by atoms with Crippen LogP contribution in [-0.4, -0.2) is 17.5 Å². The summed E-state index contributed by atoms with van der Waals surface area (Å²) in [5.74, 6) is -0.00766. The van der Waals surface area contributed by atoms with E-state index < -0.39 is 5.54 Å². The molecule has 0 bridgehead atoms. The lowest BCUT2D eigenvalue weighted by Crippen LogP contribution is -2.56. The van der Waals surface area contributed by atoms with Gasteiger partial charge in [-0.3, -0.25) is 4.79 Å². The SMILES string of the molecule is CC(Cc1cccc(Cl)c1)NC(=O)C1(N)CCCCC1. The van der Waals surface area contributed by atoms with Crippen molar-refractivity contribution in [3.8, 4) is 0 Å². The quantitative estimate of drug-likeness (QED) is 0.897. The van der Waals surface area contributed by atoms with E-state index in [1.54, 1.807) is 0 Å². The maximum atomic E-state index is 12.3. The van der Waals surface area contributed by atoms with Crippen LogP contribution >= 0.6 is 11.6 Å². The first-order valence-corrected chi connectivity index (χ1v) is 7.72. The van der Waals surface area contributed by atoms with E-state index in [4.69, 9.17) is 17.3 Å². The molecule has 1 aromatic rings. The van der Waals surface area contributed by atoms with Crippen LogP contribution in [0.25, 0.3) is 0 Å². The van der Waals surface area contributed by atoms with Gasteiger partial charge in [0.1, 0.15) is 0 Å². The standard InChI is InChI=1S/C16H23ClN2O/c1-12(10-13-6-5-7-14(17)11-13)19-15(20)16(18)8-3-2-4-9-16/h5-7,11-12H,2-4,8-10,18H2,1H3,(H,19,20). The molecule has 1 aliphatic rings. The number of hydrogen-bond donors (Lipinski definition) is 2. The molecule has 20 heavy (non-hydrogen) atoms. The molecule has 0 saturated heterocycles. The van der Waals surface area contributed by atoms with Crippen molar-refractivity contribution in [2.75, 3.05) is 0 Å². The highest BCUT2D eigenvalue weighted by atomic mass is 35.5. The molecule has 1 fully saturated rings. The van der Waals surface area contributed by atoms with E-state index in [-0.39, 0.29) is 11.9 Å². The van der Waals surface area contributed by atoms with Crippen LogP contribution in [-0.2, 0) is 11.2 Å². The van der Waals surface area contributed by atoms with Crippen molar-refractivity contribution in [3.63, 3.8) is 0 Å². The molecule has 0 spiro atoms. The number of carbonyl (C=O) groups excluding carboxylic acids is 1. The summed E-state index contributed by atoms with van der Waals surface area (Å²) in [6.07, 6.45) is 5.64. The molecule has 3 N–H and O–H groups in total. The fraction of sp³-hybridized carbons (Fsp3) is 0.562. The first-order chi connectivity index (χ1) is 9.49. The number of carbonyl (C=O) groups is 1. The molecule has 1 aromatic carbocycles. The Kier molecular flexibility index (Phi) is 5.06. The minimum Gasteiger partial charge on any atom is -0.352 e. The summed E-state index contributed by atoms with van der Waals surface area (Å²) in [6.45, 7) is 2.00. The van der Waals surface area contributed by atoms with Crippen molar-refractivity contribution in [1.82, 2.24) is 5.32 Å². The maximum Gasteiger partial charge on any atom is 0.240 e. The lowest BCUT2D eigenvalue weighted by atomic mass is 9.81. The minimum atomic E-state index is -0.666. The van der Waals surface area contributed by atoms with Gasteiger partial charge in [0.25, 0.3) is 0 Å². The fourth-order valence-electron chi connectivity index (χ4n) is 2.85. The van der Waals surface area contributed by atoms with Crippen molar-refractivity contribution < 1.29 is 4.79 Å². The second kappa shape index (κ2) is 6.59. The van der Waals surface area contributed by atoms with Gasteiger partial charge in [-0.1, -0.05) is 43.0 Å². The van der Waals surface area contributed by atoms with Gasteiger partial charge in [-0.2, -0.15) is 0 Å². The smallest absolute Gasteiger partial charge is 0.240 e. The molecular weight excluding hydrogens is 272 g/mol. The van der Waals surface area contributed by atoms with Gasteiger partial charge in [0, 0.05) is 11.1 Å². The van der Waals surface area contributed by atoms with E-state index >= 15 is 0 Å². The molecule has 0 heterocycles. The van der Waals surface area contributed by atoms with Crippen molar-refractivity contribution >= 4 is 17.5 Å². The van der Waals surface area contributed by atoms with E-state index in [1.807, 2.05) is 31.2 Å². The van der Waals surface area contributed by atoms with Gasteiger partial charge in [-0.25, -0.2) is 0 Å². The largest absolute Gasteiger partial charge is 0.352 e. The van der Waals surface area contributed by atoms with E-state index in [2.05, 4.69) is 5.32 Å². The predicted octanol–water partition coefficient (Wildman–Crippen LogP) is 3.05. The van der Waals surface area contributed by atoms with Crippen molar-refractivity contribution in [2.45, 2.75) is 57.0 Å². The monoisotopic (exact) mass is 294 g/mol. The molecule has 3 nitrogen and oxygen atoms in total. The number of rotatable bonds is 4. The Hall–Kier alpha value is -1.06. The lowest BCUT2D eigenvalue weighted by Gasteiger charge is -2.33. The molecule has 1 unspecified atom stereocenters. The molecule has 0 aromatic heterocycles. The van der Waals surface area contributed by atoms with Gasteiger partial charge in [-0.15, -0.1) is 0 Å². The molecule has 4 heteroatoms. The Bertz CT molecular complexity index is 469. The van der Waals surface area contributed by atoms with Crippen LogP contribution in [0.2, 0.25) is 5.02 Å². The summed E-state index contributed by atoms with van der Waals surface area (Å²) in [7, 11) is 0. The fourth-order valence-corrected chi connectivity index (χ4v) is 3.06. The van der Waals surface area contributed by atoms with Crippen LogP contribution in [0.1, 0.15) is 44.6 Å². The first kappa shape index (κ1) is 15.3. The summed E-state index contributed by atoms with van der Waals surface area (Å²) >= 11 is 5.97. The predicted molar refractivity (Wildman–Crippen MR) is 82.8 cm³/mol. The highest BCUT2D eigenvalue weighted by Crippen LogP contribution is 2.26. The third-order valence-corrected chi connectivity index (χ3v) is 4.24. The Balaban J connectivity index is 1.90. The zero-order valence-corrected chi connectivity index (χ0v) is 12.7. The Morgan fingerprint density at radius 3 is 2.75 bits per heavy atom. The van der Waals surface area contributed by atoms with Gasteiger partial charge in [0.2, 0.25) is 5.91 Å². The van der Waals surface area contributed by atoms with Crippen LogP contribution in [0.3, 0.4) is 0 Å². The van der Waals surface area contributed by atoms with E-state index in [0.29, 0.717) is 0 Å². The normalized spacial score (nSPS) is 19.4. The van der Waals surface area contributed by atoms with E-state index in [9.17, 15) is 4.79 Å². The third-order valence-electron chi connectivity index (χ3n) is 4.01. The average molecular weight is 295 g/mol. The Morgan fingerprint density at radius 1 is 1.40 bits per heavy atom. The summed E-state index contributed by atoms with van der Waals surface area (Å²) in [4.78, 5) is 12.3. The van der Waals surface area contributed by atoms with Crippen LogP contribution in [0.5, 0.6) is 0 Å². The summed E-state index contributed by atoms with van der Waals surface area (Å²) in [6, 6.07) is 7.79. The number of amides is 1. The molecule has 1 saturated carbocycles. The molecule has 1 atom stereocenters. The summed E-state index contributed by atoms with van der Waals surface area (Å²) < 4.78 is 0. The third kappa shape index (κ3) is 3.97. The van der Waals surface area contributed by atoms with Gasteiger partial charge < -0.3 is 11.1 Å². The number of nitrogens with two attached hydrogens (primary N) is 1. The molecular formula is C16H23ClN2O.